The molecule has 2 heterocycles. The fraction of sp³-hybridized carbons (Fsp3) is 1.00. The maximum atomic E-state index is 9.48. The van der Waals surface area contributed by atoms with Crippen LogP contribution in [0.3, 0.4) is 0 Å². The minimum atomic E-state index is -0.317. The van der Waals surface area contributed by atoms with E-state index >= 15 is 0 Å². The molecule has 0 saturated carbocycles. The first-order valence-electron chi connectivity index (χ1n) is 6.64. The van der Waals surface area contributed by atoms with Crippen LogP contribution in [0.1, 0.15) is 25.7 Å². The van der Waals surface area contributed by atoms with Crippen molar-refractivity contribution in [2.45, 2.75) is 37.8 Å². The number of hydrogen-bond acceptors (Lipinski definition) is 4. The van der Waals surface area contributed by atoms with Crippen LogP contribution < -0.4 is 5.73 Å². The van der Waals surface area contributed by atoms with Gasteiger partial charge in [0, 0.05) is 25.7 Å². The highest BCUT2D eigenvalue weighted by atomic mass is 16.3. The van der Waals surface area contributed by atoms with Gasteiger partial charge in [-0.2, -0.15) is 0 Å². The number of aliphatic hydroxyl groups excluding tert-OH is 1. The molecule has 2 rings (SSSR count). The van der Waals surface area contributed by atoms with Gasteiger partial charge in [0.1, 0.15) is 0 Å². The Morgan fingerprint density at radius 2 is 2.06 bits per heavy atom. The zero-order valence-corrected chi connectivity index (χ0v) is 10.1. The summed E-state index contributed by atoms with van der Waals surface area (Å²) >= 11 is 0. The number of nitrogens with zero attached hydrogens (tertiary/aromatic N) is 2. The predicted molar refractivity (Wildman–Crippen MR) is 65.3 cm³/mol. The highest BCUT2D eigenvalue weighted by Gasteiger charge is 2.28. The predicted octanol–water partition coefficient (Wildman–Crippen LogP) is -0.134. The molecule has 2 aliphatic rings. The van der Waals surface area contributed by atoms with Crippen LogP contribution in [0.5, 0.6) is 0 Å². The Labute approximate surface area is 98.4 Å². The Morgan fingerprint density at radius 3 is 2.88 bits per heavy atom. The zero-order valence-electron chi connectivity index (χ0n) is 10.1. The highest BCUT2D eigenvalue weighted by molar-refractivity contribution is 4.85. The molecule has 3 N–H and O–H groups in total. The molecule has 4 nitrogen and oxygen atoms in total. The molecule has 0 aromatic rings. The molecule has 2 saturated heterocycles. The maximum Gasteiger partial charge on any atom is 0.0674 e. The first-order chi connectivity index (χ1) is 7.79. The van der Waals surface area contributed by atoms with Gasteiger partial charge in [-0.3, -0.25) is 4.90 Å². The third-order valence-electron chi connectivity index (χ3n) is 3.94. The first kappa shape index (κ1) is 12.3. The van der Waals surface area contributed by atoms with E-state index in [4.69, 9.17) is 5.73 Å². The fourth-order valence-corrected chi connectivity index (χ4v) is 2.94. The minimum absolute atomic E-state index is 0.317. The molecule has 0 aromatic heterocycles. The van der Waals surface area contributed by atoms with Gasteiger partial charge in [-0.25, -0.2) is 0 Å². The molecule has 2 unspecified atom stereocenters. The van der Waals surface area contributed by atoms with Crippen molar-refractivity contribution >= 4 is 0 Å². The Bertz CT molecular complexity index is 212. The van der Waals surface area contributed by atoms with Crippen molar-refractivity contribution in [3.05, 3.63) is 0 Å². The van der Waals surface area contributed by atoms with Gasteiger partial charge in [-0.15, -0.1) is 0 Å². The van der Waals surface area contributed by atoms with E-state index in [2.05, 4.69) is 9.80 Å². The zero-order chi connectivity index (χ0) is 11.4. The van der Waals surface area contributed by atoms with Gasteiger partial charge in [-0.05, 0) is 45.3 Å². The van der Waals surface area contributed by atoms with Gasteiger partial charge in [0.2, 0.25) is 0 Å². The topological polar surface area (TPSA) is 52.7 Å². The fourth-order valence-electron chi connectivity index (χ4n) is 2.94. The van der Waals surface area contributed by atoms with Crippen LogP contribution in [0, 0.1) is 0 Å². The van der Waals surface area contributed by atoms with E-state index in [0.717, 1.165) is 19.0 Å². The first-order valence-corrected chi connectivity index (χ1v) is 6.64. The summed E-state index contributed by atoms with van der Waals surface area (Å²) in [6, 6.07) is 0.775. The molecule has 0 aliphatic carbocycles. The van der Waals surface area contributed by atoms with Crippen LogP contribution in [0.4, 0.5) is 0 Å². The largest absolute Gasteiger partial charge is 0.392 e. The molecular weight excluding hydrogens is 202 g/mol. The molecule has 0 spiro atoms. The van der Waals surface area contributed by atoms with Crippen molar-refractivity contribution < 1.29 is 5.11 Å². The Balaban J connectivity index is 1.77. The summed E-state index contributed by atoms with van der Waals surface area (Å²) in [6.07, 6.45) is 4.50. The van der Waals surface area contributed by atoms with Crippen molar-refractivity contribution in [3.8, 4) is 0 Å². The average molecular weight is 227 g/mol. The van der Waals surface area contributed by atoms with Gasteiger partial charge in [0.05, 0.1) is 6.10 Å². The third-order valence-corrected chi connectivity index (χ3v) is 3.94. The van der Waals surface area contributed by atoms with Gasteiger partial charge < -0.3 is 15.7 Å². The summed E-state index contributed by atoms with van der Waals surface area (Å²) in [5, 5.41) is 9.48. The second-order valence-electron chi connectivity index (χ2n) is 5.16. The molecule has 0 radical (unpaired) electrons. The van der Waals surface area contributed by atoms with Crippen molar-refractivity contribution in [3.63, 3.8) is 0 Å². The molecule has 16 heavy (non-hydrogen) atoms. The summed E-state index contributed by atoms with van der Waals surface area (Å²) in [5.41, 5.74) is 5.43. The lowest BCUT2D eigenvalue weighted by Crippen LogP contribution is -2.38. The van der Waals surface area contributed by atoms with E-state index in [1.165, 1.54) is 45.4 Å². The van der Waals surface area contributed by atoms with Crippen LogP contribution in [-0.4, -0.2) is 66.3 Å². The summed E-state index contributed by atoms with van der Waals surface area (Å²) in [4.78, 5) is 5.15. The van der Waals surface area contributed by atoms with E-state index < -0.39 is 0 Å². The Kier molecular flexibility index (Phi) is 4.58. The molecule has 94 valence electrons. The summed E-state index contributed by atoms with van der Waals surface area (Å²) < 4.78 is 0. The highest BCUT2D eigenvalue weighted by Crippen LogP contribution is 2.21. The number of nitrogens with two attached hydrogens (primary N) is 1. The SMILES string of the molecule is NCC(O)CCN1CCCN2CCCC2C1. The van der Waals surface area contributed by atoms with Crippen molar-refractivity contribution in [1.29, 1.82) is 0 Å². The van der Waals surface area contributed by atoms with Gasteiger partial charge in [0.15, 0.2) is 0 Å². The average Bonchev–Trinajstić information content (AvgIpc) is 2.64. The Morgan fingerprint density at radius 1 is 1.25 bits per heavy atom. The normalized spacial score (nSPS) is 30.0. The maximum absolute atomic E-state index is 9.48. The van der Waals surface area contributed by atoms with Gasteiger partial charge in [0.25, 0.3) is 0 Å². The van der Waals surface area contributed by atoms with Crippen molar-refractivity contribution in [2.75, 3.05) is 39.3 Å². The minimum Gasteiger partial charge on any atom is -0.392 e. The molecule has 0 amide bonds. The summed E-state index contributed by atoms with van der Waals surface area (Å²) in [7, 11) is 0. The molecule has 4 heteroatoms. The van der Waals surface area contributed by atoms with E-state index in [0.29, 0.717) is 6.54 Å². The number of rotatable bonds is 4. The van der Waals surface area contributed by atoms with Gasteiger partial charge >= 0.3 is 0 Å². The van der Waals surface area contributed by atoms with Crippen LogP contribution >= 0.6 is 0 Å². The molecule has 2 aliphatic heterocycles. The molecular formula is C12H25N3O. The lowest BCUT2D eigenvalue weighted by molar-refractivity contribution is 0.142. The number of fused-ring (bicyclic) bond motifs is 1. The second-order valence-corrected chi connectivity index (χ2v) is 5.16. The molecule has 0 bridgehead atoms. The Hall–Kier alpha value is -0.160. The van der Waals surface area contributed by atoms with Crippen LogP contribution in [0.2, 0.25) is 0 Å². The molecule has 2 atom stereocenters. The second kappa shape index (κ2) is 5.96. The standard InChI is InChI=1S/C12H25N3O/c13-9-12(16)4-8-14-5-2-7-15-6-1-3-11(15)10-14/h11-12,16H,1-10,13H2. The monoisotopic (exact) mass is 227 g/mol. The molecule has 0 aromatic carbocycles. The van der Waals surface area contributed by atoms with E-state index in [1.54, 1.807) is 0 Å². The molecule has 2 fully saturated rings. The van der Waals surface area contributed by atoms with Crippen LogP contribution in [0.25, 0.3) is 0 Å². The van der Waals surface area contributed by atoms with E-state index in [1.807, 2.05) is 0 Å². The smallest absolute Gasteiger partial charge is 0.0674 e. The summed E-state index contributed by atoms with van der Waals surface area (Å²) in [6.45, 7) is 6.33. The van der Waals surface area contributed by atoms with E-state index in [-0.39, 0.29) is 6.10 Å². The van der Waals surface area contributed by atoms with Crippen LogP contribution in [0.15, 0.2) is 0 Å². The summed E-state index contributed by atoms with van der Waals surface area (Å²) in [5.74, 6) is 0. The van der Waals surface area contributed by atoms with Gasteiger partial charge in [-0.1, -0.05) is 0 Å². The lowest BCUT2D eigenvalue weighted by Gasteiger charge is -2.26. The third kappa shape index (κ3) is 3.17. The van der Waals surface area contributed by atoms with Crippen LogP contribution in [-0.2, 0) is 0 Å². The van der Waals surface area contributed by atoms with Crippen molar-refractivity contribution in [1.82, 2.24) is 9.80 Å². The number of aliphatic hydroxyl groups is 1. The van der Waals surface area contributed by atoms with E-state index in [9.17, 15) is 5.11 Å². The number of hydrogen-bond donors (Lipinski definition) is 2. The quantitative estimate of drug-likeness (QED) is 0.702. The lowest BCUT2D eigenvalue weighted by atomic mass is 10.2. The van der Waals surface area contributed by atoms with Crippen molar-refractivity contribution in [2.24, 2.45) is 5.73 Å².